The second-order valence-corrected chi connectivity index (χ2v) is 11.4. The Labute approximate surface area is 160 Å². The van der Waals surface area contributed by atoms with Crippen molar-refractivity contribution in [2.24, 2.45) is 0 Å². The van der Waals surface area contributed by atoms with E-state index in [1.165, 1.54) is 0 Å². The van der Waals surface area contributed by atoms with Crippen molar-refractivity contribution in [2.45, 2.75) is 64.2 Å². The van der Waals surface area contributed by atoms with Crippen LogP contribution in [-0.4, -0.2) is 41.7 Å². The third kappa shape index (κ3) is 34.5. The van der Waals surface area contributed by atoms with Crippen LogP contribution in [-0.2, 0) is 22.6 Å². The van der Waals surface area contributed by atoms with Crippen molar-refractivity contribution in [3.63, 3.8) is 0 Å². The number of unbranched alkanes of at least 4 members (excludes halogenated alkanes) is 9. The zero-order valence-electron chi connectivity index (χ0n) is 15.1. The van der Waals surface area contributed by atoms with E-state index in [9.17, 15) is 18.3 Å². The highest BCUT2D eigenvalue weighted by atomic mass is 31.2. The molecular formula is C12H32O11P4. The minimum Gasteiger partial charge on any atom is -0.326 e. The van der Waals surface area contributed by atoms with E-state index in [1.807, 2.05) is 0 Å². The Balaban J connectivity index is 0. The first kappa shape index (κ1) is 29.8. The van der Waals surface area contributed by atoms with Gasteiger partial charge in [0.25, 0.3) is 0 Å². The molecule has 0 aromatic rings. The largest absolute Gasteiger partial charge is 0.326 e. The van der Waals surface area contributed by atoms with Crippen LogP contribution in [0.5, 0.6) is 0 Å². The fourth-order valence-electron chi connectivity index (χ4n) is 2.12. The lowest BCUT2D eigenvalue weighted by Crippen LogP contribution is -1.89. The van der Waals surface area contributed by atoms with Crippen LogP contribution in [0, 0.1) is 0 Å². The Morgan fingerprint density at radius 2 is 0.778 bits per heavy atom. The van der Waals surface area contributed by atoms with Gasteiger partial charge in [0.2, 0.25) is 0 Å². The summed E-state index contributed by atoms with van der Waals surface area (Å²) in [5.41, 5.74) is 0. The molecule has 0 aliphatic heterocycles. The molecule has 15 heteroatoms. The average Bonchev–Trinajstić information content (AvgIpc) is 2.45. The lowest BCUT2D eigenvalue weighted by Gasteiger charge is -2.05. The average molecular weight is 476 g/mol. The lowest BCUT2D eigenvalue weighted by atomic mass is 10.1. The van der Waals surface area contributed by atoms with Crippen molar-refractivity contribution >= 4 is 31.7 Å². The third-order valence-electron chi connectivity index (χ3n) is 3.32. The molecule has 0 fully saturated rings. The van der Waals surface area contributed by atoms with Crippen molar-refractivity contribution < 1.29 is 51.9 Å². The molecule has 0 amide bonds. The molecule has 0 aromatic carbocycles. The molecule has 6 N–H and O–H groups in total. The van der Waals surface area contributed by atoms with Gasteiger partial charge in [-0.3, -0.25) is 18.3 Å². The van der Waals surface area contributed by atoms with Crippen LogP contribution in [0.4, 0.5) is 0 Å². The Kier molecular flexibility index (Phi) is 19.3. The van der Waals surface area contributed by atoms with Gasteiger partial charge >= 0.3 is 31.7 Å². The fraction of sp³-hybridized carbons (Fsp3) is 1.00. The van der Waals surface area contributed by atoms with E-state index in [4.69, 9.17) is 29.4 Å². The van der Waals surface area contributed by atoms with Crippen LogP contribution in [0.3, 0.4) is 0 Å². The van der Waals surface area contributed by atoms with Gasteiger partial charge in [-0.25, -0.2) is 4.31 Å². The number of rotatable bonds is 15. The van der Waals surface area contributed by atoms with E-state index in [-0.39, 0.29) is 12.3 Å². The molecule has 0 aliphatic carbocycles. The Bertz CT molecular complexity index is 458. The van der Waals surface area contributed by atoms with Crippen molar-refractivity contribution in [2.75, 3.05) is 12.3 Å². The topological polar surface area (TPSA) is 199 Å². The quantitative estimate of drug-likeness (QED) is 0.150. The van der Waals surface area contributed by atoms with E-state index in [0.29, 0.717) is 12.8 Å². The van der Waals surface area contributed by atoms with Gasteiger partial charge in [0.05, 0.1) is 0 Å². The molecular weight excluding hydrogens is 444 g/mol. The zero-order valence-corrected chi connectivity index (χ0v) is 18.9. The van der Waals surface area contributed by atoms with Gasteiger partial charge < -0.3 is 29.4 Å². The van der Waals surface area contributed by atoms with Crippen LogP contribution in [0.15, 0.2) is 0 Å². The molecule has 0 spiro atoms. The highest BCUT2D eigenvalue weighted by Gasteiger charge is 2.11. The predicted molar refractivity (Wildman–Crippen MR) is 104 cm³/mol. The van der Waals surface area contributed by atoms with E-state index >= 15 is 0 Å². The van der Waals surface area contributed by atoms with Crippen LogP contribution in [0.2, 0.25) is 0 Å². The third-order valence-corrected chi connectivity index (χ3v) is 6.52. The summed E-state index contributed by atoms with van der Waals surface area (Å²) in [4.78, 5) is 50.1. The zero-order chi connectivity index (χ0) is 21.3. The van der Waals surface area contributed by atoms with Crippen molar-refractivity contribution in [1.29, 1.82) is 0 Å². The van der Waals surface area contributed by atoms with Gasteiger partial charge in [0, 0.05) is 12.3 Å². The molecule has 11 nitrogen and oxygen atoms in total. The molecule has 2 atom stereocenters. The smallest absolute Gasteiger partial charge is 0.325 e. The SMILES string of the molecule is O=P(O)(O)CCCCCCCCCCCCP(=O)(O)O.O=[PH](O)O[PH](=O)O. The van der Waals surface area contributed by atoms with Gasteiger partial charge in [-0.15, -0.1) is 0 Å². The molecule has 2 unspecified atom stereocenters. The molecule has 0 rings (SSSR count). The van der Waals surface area contributed by atoms with Crippen LogP contribution >= 0.6 is 31.7 Å². The summed E-state index contributed by atoms with van der Waals surface area (Å²) in [6.45, 7) is 0. The first-order valence-electron chi connectivity index (χ1n) is 8.56. The number of hydrogen-bond acceptors (Lipinski definition) is 5. The van der Waals surface area contributed by atoms with E-state index in [0.717, 1.165) is 51.4 Å². The van der Waals surface area contributed by atoms with Crippen molar-refractivity contribution in [3.8, 4) is 0 Å². The van der Waals surface area contributed by atoms with E-state index in [2.05, 4.69) is 4.31 Å². The molecule has 0 saturated heterocycles. The summed E-state index contributed by atoms with van der Waals surface area (Å²) >= 11 is 0. The Morgan fingerprint density at radius 1 is 0.556 bits per heavy atom. The maximum Gasteiger partial charge on any atom is 0.325 e. The monoisotopic (exact) mass is 476 g/mol. The minimum atomic E-state index is -3.81. The Hall–Kier alpha value is 0.640. The molecule has 166 valence electrons. The summed E-state index contributed by atoms with van der Waals surface area (Å²) in [5.74, 6) is 0. The van der Waals surface area contributed by atoms with Crippen LogP contribution in [0.1, 0.15) is 64.2 Å². The van der Waals surface area contributed by atoms with E-state index in [1.54, 1.807) is 0 Å². The first-order valence-corrected chi connectivity index (χ1v) is 14.7. The summed E-state index contributed by atoms with van der Waals surface area (Å²) in [6, 6.07) is 0. The summed E-state index contributed by atoms with van der Waals surface area (Å²) in [6.07, 6.45) is 9.34. The van der Waals surface area contributed by atoms with Crippen LogP contribution in [0.25, 0.3) is 0 Å². The summed E-state index contributed by atoms with van der Waals surface area (Å²) in [7, 11) is -14.0. The van der Waals surface area contributed by atoms with Gasteiger partial charge in [-0.2, -0.15) is 0 Å². The maximum absolute atomic E-state index is 10.6. The molecule has 0 bridgehead atoms. The fourth-order valence-corrected chi connectivity index (χ4v) is 3.99. The summed E-state index contributed by atoms with van der Waals surface area (Å²) < 4.78 is 43.5. The predicted octanol–water partition coefficient (Wildman–Crippen LogP) is 3.01. The first-order chi connectivity index (χ1) is 12.3. The van der Waals surface area contributed by atoms with Crippen molar-refractivity contribution in [1.82, 2.24) is 0 Å². The molecule has 0 heterocycles. The minimum absolute atomic E-state index is 0.00737. The van der Waals surface area contributed by atoms with Crippen LogP contribution < -0.4 is 0 Å². The van der Waals surface area contributed by atoms with Gasteiger partial charge in [-0.05, 0) is 12.8 Å². The van der Waals surface area contributed by atoms with Gasteiger partial charge in [0.15, 0.2) is 0 Å². The molecule has 27 heavy (non-hydrogen) atoms. The molecule has 0 aromatic heterocycles. The second kappa shape index (κ2) is 17.5. The van der Waals surface area contributed by atoms with Gasteiger partial charge in [0.1, 0.15) is 0 Å². The molecule has 0 aliphatic rings. The second-order valence-electron chi connectivity index (χ2n) is 5.95. The van der Waals surface area contributed by atoms with E-state index < -0.39 is 31.7 Å². The van der Waals surface area contributed by atoms with Gasteiger partial charge in [-0.1, -0.05) is 51.4 Å². The maximum atomic E-state index is 10.6. The molecule has 0 radical (unpaired) electrons. The summed E-state index contributed by atoms with van der Waals surface area (Å²) in [5, 5.41) is 0. The molecule has 0 saturated carbocycles. The highest BCUT2D eigenvalue weighted by molar-refractivity contribution is 7.52. The lowest BCUT2D eigenvalue weighted by molar-refractivity contribution is 0.368. The highest BCUT2D eigenvalue weighted by Crippen LogP contribution is 2.36. The number of hydrogen-bond donors (Lipinski definition) is 6. The Morgan fingerprint density at radius 3 is 0.926 bits per heavy atom. The normalized spacial score (nSPS) is 14.3. The standard InChI is InChI=1S/C12H28O6P2.H4O5P2/c13-19(14,15)11-9-7-5-3-1-2-4-6-8-10-12-20(16,17)18;1-6(2)5-7(3)4/h1-12H2,(H2,13,14,15)(H2,16,17,18);6-7H,(H,1,2)(H,3,4). The van der Waals surface area contributed by atoms with Crippen molar-refractivity contribution in [3.05, 3.63) is 0 Å².